The van der Waals surface area contributed by atoms with Gasteiger partial charge in [-0.25, -0.2) is 8.42 Å². The van der Waals surface area contributed by atoms with Crippen LogP contribution in [0.3, 0.4) is 0 Å². The Morgan fingerprint density at radius 1 is 1.21 bits per heavy atom. The molecule has 2 rings (SSSR count). The summed E-state index contributed by atoms with van der Waals surface area (Å²) in [5.74, 6) is 0.912. The van der Waals surface area contributed by atoms with E-state index in [0.717, 1.165) is 15.5 Å². The van der Waals surface area contributed by atoms with Gasteiger partial charge in [-0.3, -0.25) is 9.10 Å². The Balaban J connectivity index is 2.06. The topological polar surface area (TPSA) is 75.7 Å². The van der Waals surface area contributed by atoms with Crippen LogP contribution in [0, 0.1) is 6.92 Å². The highest BCUT2D eigenvalue weighted by atomic mass is 32.2. The smallest absolute Gasteiger partial charge is 0.243 e. The van der Waals surface area contributed by atoms with Crippen LogP contribution in [0.5, 0.6) is 5.75 Å². The normalized spacial score (nSPS) is 12.3. The lowest BCUT2D eigenvalue weighted by Crippen LogP contribution is -2.49. The van der Waals surface area contributed by atoms with E-state index < -0.39 is 16.1 Å². The molecule has 0 bridgehead atoms. The van der Waals surface area contributed by atoms with E-state index in [9.17, 15) is 13.2 Å². The molecule has 2 aromatic rings. The Bertz CT molecular complexity index is 915. The number of benzene rings is 2. The molecule has 0 aliphatic carbocycles. The molecule has 0 aliphatic heterocycles. The van der Waals surface area contributed by atoms with Gasteiger partial charge in [-0.1, -0.05) is 30.7 Å². The first kappa shape index (κ1) is 23.1. The van der Waals surface area contributed by atoms with Crippen molar-refractivity contribution in [2.45, 2.75) is 31.2 Å². The zero-order chi connectivity index (χ0) is 21.4. The molecule has 6 nitrogen and oxygen atoms in total. The van der Waals surface area contributed by atoms with Gasteiger partial charge in [0.15, 0.2) is 0 Å². The maximum absolute atomic E-state index is 12.8. The molecular weight excluding hydrogens is 408 g/mol. The SMILES string of the molecule is CC[C@H](C(=O)NCCSc1ccc(C)cc1)N(c1cccc(OC)c1)S(C)(=O)=O. The van der Waals surface area contributed by atoms with Crippen LogP contribution in [0.4, 0.5) is 5.69 Å². The Kier molecular flexibility index (Phi) is 8.40. The number of anilines is 1. The summed E-state index contributed by atoms with van der Waals surface area (Å²) in [6.45, 7) is 4.28. The minimum atomic E-state index is -3.67. The molecule has 1 amide bonds. The maximum atomic E-state index is 12.8. The second kappa shape index (κ2) is 10.5. The number of aryl methyl sites for hydroxylation is 1. The molecule has 1 N–H and O–H groups in total. The van der Waals surface area contributed by atoms with E-state index in [1.54, 1.807) is 43.0 Å². The predicted molar refractivity (Wildman–Crippen MR) is 119 cm³/mol. The van der Waals surface area contributed by atoms with Crippen LogP contribution in [-0.2, 0) is 14.8 Å². The quantitative estimate of drug-likeness (QED) is 0.456. The molecule has 0 unspecified atom stereocenters. The van der Waals surface area contributed by atoms with E-state index in [4.69, 9.17) is 4.74 Å². The highest BCUT2D eigenvalue weighted by Gasteiger charge is 2.31. The highest BCUT2D eigenvalue weighted by Crippen LogP contribution is 2.26. The van der Waals surface area contributed by atoms with Crippen molar-refractivity contribution in [3.63, 3.8) is 0 Å². The van der Waals surface area contributed by atoms with E-state index in [-0.39, 0.29) is 5.91 Å². The number of amides is 1. The molecule has 0 heterocycles. The first-order chi connectivity index (χ1) is 13.8. The second-order valence-electron chi connectivity index (χ2n) is 6.64. The van der Waals surface area contributed by atoms with Gasteiger partial charge in [-0.05, 0) is 37.6 Å². The van der Waals surface area contributed by atoms with Gasteiger partial charge in [0, 0.05) is 23.3 Å². The summed E-state index contributed by atoms with van der Waals surface area (Å²) in [7, 11) is -2.15. The first-order valence-corrected chi connectivity index (χ1v) is 12.2. The van der Waals surface area contributed by atoms with Gasteiger partial charge in [0.25, 0.3) is 0 Å². The van der Waals surface area contributed by atoms with Crippen LogP contribution < -0.4 is 14.4 Å². The predicted octanol–water partition coefficient (Wildman–Crippen LogP) is 3.46. The zero-order valence-corrected chi connectivity index (χ0v) is 18.8. The number of carbonyl (C=O) groups is 1. The van der Waals surface area contributed by atoms with Gasteiger partial charge in [-0.2, -0.15) is 0 Å². The van der Waals surface area contributed by atoms with Crippen molar-refractivity contribution >= 4 is 33.4 Å². The molecule has 0 aliphatic rings. The van der Waals surface area contributed by atoms with E-state index in [1.165, 1.54) is 12.7 Å². The number of carbonyl (C=O) groups excluding carboxylic acids is 1. The fraction of sp³-hybridized carbons (Fsp3) is 0.381. The largest absolute Gasteiger partial charge is 0.497 e. The molecule has 2 aromatic carbocycles. The van der Waals surface area contributed by atoms with Gasteiger partial charge in [0.1, 0.15) is 11.8 Å². The van der Waals surface area contributed by atoms with Crippen molar-refractivity contribution in [1.29, 1.82) is 0 Å². The third-order valence-electron chi connectivity index (χ3n) is 4.33. The van der Waals surface area contributed by atoms with Gasteiger partial charge in [0.2, 0.25) is 15.9 Å². The van der Waals surface area contributed by atoms with Crippen molar-refractivity contribution < 1.29 is 17.9 Å². The number of rotatable bonds is 10. The summed E-state index contributed by atoms with van der Waals surface area (Å²) >= 11 is 1.64. The van der Waals surface area contributed by atoms with Gasteiger partial charge in [-0.15, -0.1) is 11.8 Å². The fourth-order valence-electron chi connectivity index (χ4n) is 2.90. The van der Waals surface area contributed by atoms with Gasteiger partial charge < -0.3 is 10.1 Å². The van der Waals surface area contributed by atoms with Crippen molar-refractivity contribution in [2.24, 2.45) is 0 Å². The molecule has 0 spiro atoms. The number of hydrogen-bond acceptors (Lipinski definition) is 5. The van der Waals surface area contributed by atoms with Crippen LogP contribution in [0.25, 0.3) is 0 Å². The van der Waals surface area contributed by atoms with Crippen LogP contribution in [0.1, 0.15) is 18.9 Å². The molecule has 0 fully saturated rings. The Hall–Kier alpha value is -2.19. The number of methoxy groups -OCH3 is 1. The summed E-state index contributed by atoms with van der Waals surface area (Å²) in [6.07, 6.45) is 1.46. The highest BCUT2D eigenvalue weighted by molar-refractivity contribution is 7.99. The van der Waals surface area contributed by atoms with Crippen LogP contribution >= 0.6 is 11.8 Å². The first-order valence-electron chi connectivity index (χ1n) is 9.37. The van der Waals surface area contributed by atoms with Crippen molar-refractivity contribution in [3.8, 4) is 5.75 Å². The Labute approximate surface area is 177 Å². The lowest BCUT2D eigenvalue weighted by molar-refractivity contribution is -0.122. The molecule has 0 saturated carbocycles. The molecule has 0 radical (unpaired) electrons. The minimum absolute atomic E-state index is 0.315. The summed E-state index contributed by atoms with van der Waals surface area (Å²) in [5, 5.41) is 2.87. The lowest BCUT2D eigenvalue weighted by atomic mass is 10.2. The summed E-state index contributed by atoms with van der Waals surface area (Å²) < 4.78 is 31.3. The molecule has 0 aromatic heterocycles. The molecule has 1 atom stereocenters. The standard InChI is InChI=1S/C21H28N2O4S2/c1-5-20(21(24)22-13-14-28-19-11-9-16(2)10-12-19)23(29(4,25)26)17-7-6-8-18(15-17)27-3/h6-12,15,20H,5,13-14H2,1-4H3,(H,22,24)/t20-/m1/s1. The molecular formula is C21H28N2O4S2. The van der Waals surface area contributed by atoms with Crippen molar-refractivity contribution in [3.05, 3.63) is 54.1 Å². The Morgan fingerprint density at radius 3 is 2.48 bits per heavy atom. The summed E-state index contributed by atoms with van der Waals surface area (Å²) in [5.41, 5.74) is 1.61. The number of thioether (sulfide) groups is 1. The third-order valence-corrected chi connectivity index (χ3v) is 6.52. The second-order valence-corrected chi connectivity index (χ2v) is 9.66. The van der Waals surface area contributed by atoms with E-state index >= 15 is 0 Å². The monoisotopic (exact) mass is 436 g/mol. The summed E-state index contributed by atoms with van der Waals surface area (Å²) in [6, 6.07) is 14.1. The van der Waals surface area contributed by atoms with Gasteiger partial charge >= 0.3 is 0 Å². The van der Waals surface area contributed by atoms with E-state index in [2.05, 4.69) is 5.32 Å². The van der Waals surface area contributed by atoms with E-state index in [1.807, 2.05) is 31.2 Å². The molecule has 29 heavy (non-hydrogen) atoms. The number of ether oxygens (including phenoxy) is 1. The number of nitrogens with one attached hydrogen (secondary N) is 1. The van der Waals surface area contributed by atoms with Crippen LogP contribution in [0.2, 0.25) is 0 Å². The van der Waals surface area contributed by atoms with Crippen molar-refractivity contribution in [1.82, 2.24) is 5.32 Å². The number of nitrogens with zero attached hydrogens (tertiary/aromatic N) is 1. The average molecular weight is 437 g/mol. The summed E-state index contributed by atoms with van der Waals surface area (Å²) in [4.78, 5) is 13.9. The molecule has 158 valence electrons. The van der Waals surface area contributed by atoms with E-state index in [0.29, 0.717) is 30.2 Å². The zero-order valence-electron chi connectivity index (χ0n) is 17.2. The number of sulfonamides is 1. The fourth-order valence-corrected chi connectivity index (χ4v) is 4.88. The maximum Gasteiger partial charge on any atom is 0.243 e. The average Bonchev–Trinajstić information content (AvgIpc) is 2.69. The molecule has 0 saturated heterocycles. The van der Waals surface area contributed by atoms with Crippen LogP contribution in [0.15, 0.2) is 53.4 Å². The van der Waals surface area contributed by atoms with Gasteiger partial charge in [0.05, 0.1) is 19.1 Å². The third kappa shape index (κ3) is 6.68. The molecule has 8 heteroatoms. The van der Waals surface area contributed by atoms with Crippen molar-refractivity contribution in [2.75, 3.05) is 30.0 Å². The van der Waals surface area contributed by atoms with Crippen LogP contribution in [-0.4, -0.2) is 46.0 Å². The Morgan fingerprint density at radius 2 is 1.90 bits per heavy atom. The minimum Gasteiger partial charge on any atom is -0.497 e. The lowest BCUT2D eigenvalue weighted by Gasteiger charge is -2.30. The number of hydrogen-bond donors (Lipinski definition) is 1.